The number of nitrogens with one attached hydrogen (secondary N) is 1. The summed E-state index contributed by atoms with van der Waals surface area (Å²) in [4.78, 5) is 2.56. The summed E-state index contributed by atoms with van der Waals surface area (Å²) in [5, 5.41) is 3.83. The molecule has 2 aliphatic rings. The number of hydrogen-bond acceptors (Lipinski definition) is 2. The van der Waals surface area contributed by atoms with Crippen molar-refractivity contribution in [2.75, 3.05) is 19.6 Å². The monoisotopic (exact) mass is 290 g/mol. The maximum absolute atomic E-state index is 13.5. The van der Waals surface area contributed by atoms with E-state index in [1.807, 2.05) is 6.07 Å². The molecule has 1 unspecified atom stereocenters. The molecule has 1 heterocycles. The summed E-state index contributed by atoms with van der Waals surface area (Å²) in [7, 11) is 0. The van der Waals surface area contributed by atoms with Crippen molar-refractivity contribution in [3.63, 3.8) is 0 Å². The van der Waals surface area contributed by atoms with Crippen molar-refractivity contribution in [3.05, 3.63) is 35.6 Å². The molecule has 3 heteroatoms. The average Bonchev–Trinajstić information content (AvgIpc) is 2.70. The van der Waals surface area contributed by atoms with Gasteiger partial charge in [-0.15, -0.1) is 0 Å². The summed E-state index contributed by atoms with van der Waals surface area (Å²) in [6.45, 7) is 5.54. The fourth-order valence-corrected chi connectivity index (χ4v) is 4.03. The molecule has 2 nitrogen and oxygen atoms in total. The van der Waals surface area contributed by atoms with Gasteiger partial charge >= 0.3 is 0 Å². The van der Waals surface area contributed by atoms with Crippen LogP contribution in [0.1, 0.15) is 57.1 Å². The zero-order chi connectivity index (χ0) is 14.7. The lowest BCUT2D eigenvalue weighted by molar-refractivity contribution is 0.134. The van der Waals surface area contributed by atoms with Crippen LogP contribution in [0.4, 0.5) is 4.39 Å². The first-order valence-electron chi connectivity index (χ1n) is 8.43. The third-order valence-electron chi connectivity index (χ3n) is 5.32. The number of benzene rings is 1. The van der Waals surface area contributed by atoms with E-state index in [1.165, 1.54) is 44.6 Å². The lowest BCUT2D eigenvalue weighted by Crippen LogP contribution is -2.52. The van der Waals surface area contributed by atoms with Gasteiger partial charge < -0.3 is 5.32 Å². The van der Waals surface area contributed by atoms with Gasteiger partial charge in [-0.25, -0.2) is 4.39 Å². The van der Waals surface area contributed by atoms with E-state index in [4.69, 9.17) is 0 Å². The molecule has 1 atom stereocenters. The Morgan fingerprint density at radius 2 is 2.00 bits per heavy atom. The number of nitrogens with zero attached hydrogens (tertiary/aromatic N) is 1. The van der Waals surface area contributed by atoms with Gasteiger partial charge in [0.25, 0.3) is 0 Å². The van der Waals surface area contributed by atoms with Crippen LogP contribution in [-0.2, 0) is 0 Å². The maximum atomic E-state index is 13.5. The first-order chi connectivity index (χ1) is 10.2. The Labute approximate surface area is 127 Å². The highest BCUT2D eigenvalue weighted by atomic mass is 19.1. The molecule has 1 aromatic carbocycles. The molecule has 0 aromatic heterocycles. The SMILES string of the molecule is CC(c1cccc(F)c1)N1CCCNC2(CCCCC2)C1. The summed E-state index contributed by atoms with van der Waals surface area (Å²) in [5.74, 6) is -0.125. The van der Waals surface area contributed by atoms with Crippen LogP contribution in [0.5, 0.6) is 0 Å². The van der Waals surface area contributed by atoms with Crippen LogP contribution in [0, 0.1) is 5.82 Å². The summed E-state index contributed by atoms with van der Waals surface area (Å²) in [5.41, 5.74) is 1.40. The number of halogens is 1. The van der Waals surface area contributed by atoms with Crippen LogP contribution >= 0.6 is 0 Å². The van der Waals surface area contributed by atoms with Crippen LogP contribution in [0.3, 0.4) is 0 Å². The number of rotatable bonds is 2. The van der Waals surface area contributed by atoms with E-state index >= 15 is 0 Å². The molecular formula is C18H27FN2. The predicted octanol–water partition coefficient (Wildman–Crippen LogP) is 3.88. The smallest absolute Gasteiger partial charge is 0.123 e. The van der Waals surface area contributed by atoms with E-state index in [9.17, 15) is 4.39 Å². The van der Waals surface area contributed by atoms with Gasteiger partial charge in [0.15, 0.2) is 0 Å². The molecule has 3 rings (SSSR count). The molecule has 1 saturated heterocycles. The van der Waals surface area contributed by atoms with Crippen LogP contribution in [0.25, 0.3) is 0 Å². The van der Waals surface area contributed by atoms with E-state index in [-0.39, 0.29) is 5.82 Å². The van der Waals surface area contributed by atoms with Crippen LogP contribution in [0.15, 0.2) is 24.3 Å². The highest BCUT2D eigenvalue weighted by Crippen LogP contribution is 2.33. The maximum Gasteiger partial charge on any atom is 0.123 e. The Bertz CT molecular complexity index is 468. The molecule has 1 aliphatic carbocycles. The molecule has 1 saturated carbocycles. The van der Waals surface area contributed by atoms with Crippen LogP contribution < -0.4 is 5.32 Å². The second-order valence-corrected chi connectivity index (χ2v) is 6.82. The normalized spacial score (nSPS) is 24.7. The standard InChI is InChI=1S/C18H27FN2/c1-15(16-7-5-8-17(19)13-16)21-12-6-11-20-18(14-21)9-3-2-4-10-18/h5,7-8,13,15,20H,2-4,6,9-12,14H2,1H3. The van der Waals surface area contributed by atoms with Crippen molar-refractivity contribution in [3.8, 4) is 0 Å². The molecule has 0 amide bonds. The fraction of sp³-hybridized carbons (Fsp3) is 0.667. The second-order valence-electron chi connectivity index (χ2n) is 6.82. The van der Waals surface area contributed by atoms with Gasteiger partial charge in [0.05, 0.1) is 0 Å². The molecule has 1 aliphatic heterocycles. The third kappa shape index (κ3) is 3.46. The van der Waals surface area contributed by atoms with Crippen molar-refractivity contribution in [2.45, 2.75) is 57.0 Å². The Kier molecular flexibility index (Phi) is 4.60. The molecule has 1 aromatic rings. The van der Waals surface area contributed by atoms with Crippen molar-refractivity contribution < 1.29 is 4.39 Å². The van der Waals surface area contributed by atoms with Gasteiger partial charge in [-0.3, -0.25) is 4.90 Å². The van der Waals surface area contributed by atoms with Gasteiger partial charge in [0.2, 0.25) is 0 Å². The Hall–Kier alpha value is -0.930. The highest BCUT2D eigenvalue weighted by Gasteiger charge is 2.36. The summed E-state index contributed by atoms with van der Waals surface area (Å²) in [6, 6.07) is 7.39. The highest BCUT2D eigenvalue weighted by molar-refractivity contribution is 5.20. The van der Waals surface area contributed by atoms with Gasteiger partial charge in [0.1, 0.15) is 5.82 Å². The third-order valence-corrected chi connectivity index (χ3v) is 5.32. The molecule has 1 spiro atoms. The molecule has 0 radical (unpaired) electrons. The van der Waals surface area contributed by atoms with E-state index < -0.39 is 0 Å². The first kappa shape index (κ1) is 15.0. The van der Waals surface area contributed by atoms with Crippen molar-refractivity contribution >= 4 is 0 Å². The van der Waals surface area contributed by atoms with Crippen LogP contribution in [0.2, 0.25) is 0 Å². The molecule has 2 fully saturated rings. The van der Waals surface area contributed by atoms with Crippen molar-refractivity contribution in [2.24, 2.45) is 0 Å². The molecule has 0 bridgehead atoms. The molecule has 1 N–H and O–H groups in total. The minimum atomic E-state index is -0.125. The van der Waals surface area contributed by atoms with Gasteiger partial charge in [0, 0.05) is 24.7 Å². The number of hydrogen-bond donors (Lipinski definition) is 1. The lowest BCUT2D eigenvalue weighted by Gasteiger charge is -2.41. The zero-order valence-electron chi connectivity index (χ0n) is 13.1. The van der Waals surface area contributed by atoms with E-state index in [1.54, 1.807) is 6.07 Å². The first-order valence-corrected chi connectivity index (χ1v) is 8.43. The average molecular weight is 290 g/mol. The Morgan fingerprint density at radius 3 is 2.76 bits per heavy atom. The minimum Gasteiger partial charge on any atom is -0.310 e. The van der Waals surface area contributed by atoms with Gasteiger partial charge in [-0.05, 0) is 50.4 Å². The van der Waals surface area contributed by atoms with Crippen LogP contribution in [-0.4, -0.2) is 30.1 Å². The molecule has 116 valence electrons. The topological polar surface area (TPSA) is 15.3 Å². The second kappa shape index (κ2) is 6.45. The summed E-state index contributed by atoms with van der Waals surface area (Å²) in [6.07, 6.45) is 7.83. The molecular weight excluding hydrogens is 263 g/mol. The fourth-order valence-electron chi connectivity index (χ4n) is 4.03. The van der Waals surface area contributed by atoms with Crippen molar-refractivity contribution in [1.29, 1.82) is 0 Å². The van der Waals surface area contributed by atoms with Gasteiger partial charge in [-0.1, -0.05) is 31.4 Å². The molecule has 21 heavy (non-hydrogen) atoms. The predicted molar refractivity (Wildman–Crippen MR) is 84.8 cm³/mol. The Morgan fingerprint density at radius 1 is 1.19 bits per heavy atom. The quantitative estimate of drug-likeness (QED) is 0.889. The van der Waals surface area contributed by atoms with Crippen molar-refractivity contribution in [1.82, 2.24) is 10.2 Å². The van der Waals surface area contributed by atoms with Gasteiger partial charge in [-0.2, -0.15) is 0 Å². The lowest BCUT2D eigenvalue weighted by atomic mass is 9.81. The van der Waals surface area contributed by atoms with E-state index in [2.05, 4.69) is 23.2 Å². The van der Waals surface area contributed by atoms with E-state index in [0.717, 1.165) is 25.2 Å². The largest absolute Gasteiger partial charge is 0.310 e. The minimum absolute atomic E-state index is 0.125. The summed E-state index contributed by atoms with van der Waals surface area (Å²) >= 11 is 0. The summed E-state index contributed by atoms with van der Waals surface area (Å²) < 4.78 is 13.5. The van der Waals surface area contributed by atoms with E-state index in [0.29, 0.717) is 11.6 Å². The Balaban J connectivity index is 1.76. The zero-order valence-corrected chi connectivity index (χ0v) is 13.1.